The number of hydrogen-bond donors (Lipinski definition) is 1. The molecule has 4 nitrogen and oxygen atoms in total. The van der Waals surface area contributed by atoms with Crippen molar-refractivity contribution in [1.82, 2.24) is 0 Å². The summed E-state index contributed by atoms with van der Waals surface area (Å²) in [4.78, 5) is 23.8. The highest BCUT2D eigenvalue weighted by Gasteiger charge is 2.40. The Balaban J connectivity index is 1.42. The molecule has 2 aliphatic carbocycles. The molecule has 0 saturated heterocycles. The molecule has 0 spiro atoms. The molecular formula is C18H22ClNO3. The fraction of sp³-hybridized carbons (Fsp3) is 0.556. The second-order valence-corrected chi connectivity index (χ2v) is 7.24. The fourth-order valence-electron chi connectivity index (χ4n) is 3.95. The maximum absolute atomic E-state index is 11.9. The van der Waals surface area contributed by atoms with Crippen LogP contribution in [0.15, 0.2) is 18.2 Å². The molecule has 1 aromatic rings. The third-order valence-electron chi connectivity index (χ3n) is 5.08. The molecule has 0 heterocycles. The molecule has 0 unspecified atom stereocenters. The van der Waals surface area contributed by atoms with E-state index in [0.717, 1.165) is 17.9 Å². The first-order valence-electron chi connectivity index (χ1n) is 8.23. The van der Waals surface area contributed by atoms with Crippen LogP contribution in [0.4, 0.5) is 5.69 Å². The van der Waals surface area contributed by atoms with Gasteiger partial charge >= 0.3 is 5.97 Å². The van der Waals surface area contributed by atoms with Gasteiger partial charge in [-0.2, -0.15) is 0 Å². The number of halogens is 1. The Hall–Kier alpha value is -1.55. The second kappa shape index (κ2) is 6.91. The van der Waals surface area contributed by atoms with E-state index in [1.165, 1.54) is 19.3 Å². The maximum atomic E-state index is 11.9. The van der Waals surface area contributed by atoms with Crippen molar-refractivity contribution in [2.24, 2.45) is 17.8 Å². The summed E-state index contributed by atoms with van der Waals surface area (Å²) >= 11 is 6.06. The molecule has 2 fully saturated rings. The highest BCUT2D eigenvalue weighted by molar-refractivity contribution is 6.33. The molecule has 2 aliphatic rings. The van der Waals surface area contributed by atoms with E-state index in [9.17, 15) is 9.59 Å². The topological polar surface area (TPSA) is 55.4 Å². The standard InChI is InChI=1S/C18H22ClNO3/c1-11-2-5-16(15(19)6-11)20-17(21)10-23-18(22)9-14-8-12-3-4-13(14)7-12/h2,5-6,12-14H,3-4,7-10H2,1H3,(H,20,21)/t12-,13-,14+/m1/s1. The minimum absolute atomic E-state index is 0.260. The number of fused-ring (bicyclic) bond motifs is 2. The van der Waals surface area contributed by atoms with Crippen molar-refractivity contribution < 1.29 is 14.3 Å². The van der Waals surface area contributed by atoms with E-state index in [-0.39, 0.29) is 18.5 Å². The first-order valence-corrected chi connectivity index (χ1v) is 8.60. The van der Waals surface area contributed by atoms with Crippen LogP contribution in [0.1, 0.15) is 37.7 Å². The average Bonchev–Trinajstić information content (AvgIpc) is 3.11. The molecule has 5 heteroatoms. The number of carbonyl (C=O) groups excluding carboxylic acids is 2. The molecule has 2 bridgehead atoms. The Morgan fingerprint density at radius 1 is 1.30 bits per heavy atom. The number of anilines is 1. The summed E-state index contributed by atoms with van der Waals surface area (Å²) < 4.78 is 5.12. The van der Waals surface area contributed by atoms with E-state index in [1.807, 2.05) is 13.0 Å². The number of esters is 1. The van der Waals surface area contributed by atoms with Crippen LogP contribution >= 0.6 is 11.6 Å². The highest BCUT2D eigenvalue weighted by Crippen LogP contribution is 2.49. The largest absolute Gasteiger partial charge is 0.456 e. The van der Waals surface area contributed by atoms with Gasteiger partial charge in [0.1, 0.15) is 0 Å². The molecule has 2 saturated carbocycles. The lowest BCUT2D eigenvalue weighted by atomic mass is 9.86. The van der Waals surface area contributed by atoms with E-state index in [0.29, 0.717) is 29.0 Å². The monoisotopic (exact) mass is 335 g/mol. The Morgan fingerprint density at radius 2 is 2.13 bits per heavy atom. The van der Waals surface area contributed by atoms with Crippen LogP contribution in [-0.4, -0.2) is 18.5 Å². The van der Waals surface area contributed by atoms with Crippen molar-refractivity contribution in [3.05, 3.63) is 28.8 Å². The van der Waals surface area contributed by atoms with Gasteiger partial charge in [0.2, 0.25) is 0 Å². The Bertz CT molecular complexity index is 616. The van der Waals surface area contributed by atoms with Crippen molar-refractivity contribution in [1.29, 1.82) is 0 Å². The van der Waals surface area contributed by atoms with Crippen molar-refractivity contribution in [3.8, 4) is 0 Å². The third-order valence-corrected chi connectivity index (χ3v) is 5.39. The molecule has 0 radical (unpaired) electrons. The first kappa shape index (κ1) is 16.3. The summed E-state index contributed by atoms with van der Waals surface area (Å²) in [6.07, 6.45) is 5.42. The van der Waals surface area contributed by atoms with Gasteiger partial charge in [0.25, 0.3) is 5.91 Å². The fourth-order valence-corrected chi connectivity index (χ4v) is 4.24. The van der Waals surface area contributed by atoms with Crippen LogP contribution in [-0.2, 0) is 14.3 Å². The number of hydrogen-bond acceptors (Lipinski definition) is 3. The van der Waals surface area contributed by atoms with E-state index >= 15 is 0 Å². The number of rotatable bonds is 5. The van der Waals surface area contributed by atoms with Gasteiger partial charge < -0.3 is 10.1 Å². The molecule has 0 aromatic heterocycles. The normalized spacial score (nSPS) is 25.4. The van der Waals surface area contributed by atoms with Gasteiger partial charge in [0.15, 0.2) is 6.61 Å². The van der Waals surface area contributed by atoms with Gasteiger partial charge in [-0.1, -0.05) is 24.1 Å². The Morgan fingerprint density at radius 3 is 2.78 bits per heavy atom. The number of ether oxygens (including phenoxy) is 1. The minimum Gasteiger partial charge on any atom is -0.456 e. The summed E-state index contributed by atoms with van der Waals surface area (Å²) in [6, 6.07) is 5.38. The van der Waals surface area contributed by atoms with E-state index in [1.54, 1.807) is 12.1 Å². The predicted molar refractivity (Wildman–Crippen MR) is 89.3 cm³/mol. The lowest BCUT2D eigenvalue weighted by molar-refractivity contribution is -0.148. The summed E-state index contributed by atoms with van der Waals surface area (Å²) in [7, 11) is 0. The number of benzene rings is 1. The van der Waals surface area contributed by atoms with Crippen LogP contribution in [0.2, 0.25) is 5.02 Å². The summed E-state index contributed by atoms with van der Waals surface area (Å²) in [5.41, 5.74) is 1.55. The summed E-state index contributed by atoms with van der Waals surface area (Å²) in [5, 5.41) is 3.14. The van der Waals surface area contributed by atoms with Gasteiger partial charge in [0.05, 0.1) is 10.7 Å². The van der Waals surface area contributed by atoms with E-state index in [4.69, 9.17) is 16.3 Å². The molecule has 1 amide bonds. The number of aryl methyl sites for hydroxylation is 1. The quantitative estimate of drug-likeness (QED) is 0.829. The van der Waals surface area contributed by atoms with Crippen molar-refractivity contribution in [2.45, 2.75) is 39.0 Å². The van der Waals surface area contributed by atoms with Crippen LogP contribution in [0.25, 0.3) is 0 Å². The lowest BCUT2D eigenvalue weighted by Crippen LogP contribution is -2.23. The van der Waals surface area contributed by atoms with E-state index < -0.39 is 0 Å². The molecule has 1 aromatic carbocycles. The zero-order valence-electron chi connectivity index (χ0n) is 13.3. The number of nitrogens with one attached hydrogen (secondary N) is 1. The minimum atomic E-state index is -0.364. The summed E-state index contributed by atoms with van der Waals surface area (Å²) in [5.74, 6) is 1.32. The van der Waals surface area contributed by atoms with E-state index in [2.05, 4.69) is 5.32 Å². The van der Waals surface area contributed by atoms with Crippen molar-refractivity contribution >= 4 is 29.2 Å². The SMILES string of the molecule is Cc1ccc(NC(=O)COC(=O)C[C@@H]2C[C@@H]3CC[C@@H]2C3)c(Cl)c1. The zero-order valence-corrected chi connectivity index (χ0v) is 14.1. The molecule has 3 atom stereocenters. The van der Waals surface area contributed by atoms with Crippen molar-refractivity contribution in [2.75, 3.05) is 11.9 Å². The van der Waals surface area contributed by atoms with Crippen LogP contribution in [0, 0.1) is 24.7 Å². The molecule has 1 N–H and O–H groups in total. The average molecular weight is 336 g/mol. The zero-order chi connectivity index (χ0) is 16.4. The Kier molecular flexibility index (Phi) is 4.90. The smallest absolute Gasteiger partial charge is 0.306 e. The molecule has 0 aliphatic heterocycles. The van der Waals surface area contributed by atoms with Crippen molar-refractivity contribution in [3.63, 3.8) is 0 Å². The summed E-state index contributed by atoms with van der Waals surface area (Å²) in [6.45, 7) is 1.67. The molecular weight excluding hydrogens is 314 g/mol. The predicted octanol–water partition coefficient (Wildman–Crippen LogP) is 3.96. The van der Waals surface area contributed by atoms with Gasteiger partial charge in [-0.3, -0.25) is 9.59 Å². The third kappa shape index (κ3) is 4.05. The molecule has 3 rings (SSSR count). The van der Waals surface area contributed by atoms with Gasteiger partial charge in [-0.15, -0.1) is 0 Å². The second-order valence-electron chi connectivity index (χ2n) is 6.83. The maximum Gasteiger partial charge on any atom is 0.306 e. The van der Waals surface area contributed by atoms with Gasteiger partial charge in [-0.25, -0.2) is 0 Å². The van der Waals surface area contributed by atoms with Crippen LogP contribution in [0.3, 0.4) is 0 Å². The lowest BCUT2D eigenvalue weighted by Gasteiger charge is -2.20. The van der Waals surface area contributed by atoms with Crippen LogP contribution < -0.4 is 5.32 Å². The number of carbonyl (C=O) groups is 2. The molecule has 124 valence electrons. The van der Waals surface area contributed by atoms with Crippen LogP contribution in [0.5, 0.6) is 0 Å². The van der Waals surface area contributed by atoms with Gasteiger partial charge in [0, 0.05) is 6.42 Å². The Labute approximate surface area is 141 Å². The first-order chi connectivity index (χ1) is 11.0. The van der Waals surface area contributed by atoms with Gasteiger partial charge in [-0.05, 0) is 61.6 Å². The highest BCUT2D eigenvalue weighted by atomic mass is 35.5. The molecule has 23 heavy (non-hydrogen) atoms. The number of amides is 1.